The Morgan fingerprint density at radius 2 is 1.87 bits per heavy atom. The lowest BCUT2D eigenvalue weighted by Gasteiger charge is -2.17. The second-order valence-electron chi connectivity index (χ2n) is 4.69. The third-order valence-corrected chi connectivity index (χ3v) is 3.19. The molecule has 0 saturated heterocycles. The van der Waals surface area contributed by atoms with Crippen molar-refractivity contribution in [3.05, 3.63) is 12.2 Å². The molecule has 0 aromatic rings. The number of sulfonamides is 1. The maximum atomic E-state index is 11.5. The highest BCUT2D eigenvalue weighted by atomic mass is 32.2. The average molecular weight is 234 g/mol. The van der Waals surface area contributed by atoms with Gasteiger partial charge in [0.05, 0.1) is 5.75 Å². The third-order valence-electron chi connectivity index (χ3n) is 1.84. The summed E-state index contributed by atoms with van der Waals surface area (Å²) in [6, 6.07) is 0. The van der Waals surface area contributed by atoms with Crippen LogP contribution in [-0.2, 0) is 10.0 Å². The first-order valence-corrected chi connectivity index (χ1v) is 6.74. The Morgan fingerprint density at radius 3 is 2.33 bits per heavy atom. The Hall–Kier alpha value is -0.390. The van der Waals surface area contributed by atoms with Crippen LogP contribution in [0.1, 0.15) is 27.2 Å². The highest BCUT2D eigenvalue weighted by molar-refractivity contribution is 7.89. The largest absolute Gasteiger partial charge is 0.327 e. The summed E-state index contributed by atoms with van der Waals surface area (Å²) in [5.74, 6) is 0.174. The SMILES string of the molecule is CC(C)(C)CCS(=O)(=O)NC/C=C/CN. The van der Waals surface area contributed by atoms with Gasteiger partial charge in [0, 0.05) is 13.1 Å². The molecule has 0 atom stereocenters. The van der Waals surface area contributed by atoms with Gasteiger partial charge in [0.25, 0.3) is 0 Å². The highest BCUT2D eigenvalue weighted by Gasteiger charge is 2.16. The molecule has 4 nitrogen and oxygen atoms in total. The summed E-state index contributed by atoms with van der Waals surface area (Å²) in [4.78, 5) is 0. The smallest absolute Gasteiger partial charge is 0.211 e. The highest BCUT2D eigenvalue weighted by Crippen LogP contribution is 2.18. The van der Waals surface area contributed by atoms with Gasteiger partial charge in [-0.3, -0.25) is 0 Å². The number of hydrogen-bond donors (Lipinski definition) is 2. The normalized spacial score (nSPS) is 13.6. The van der Waals surface area contributed by atoms with Gasteiger partial charge >= 0.3 is 0 Å². The first-order valence-electron chi connectivity index (χ1n) is 5.09. The summed E-state index contributed by atoms with van der Waals surface area (Å²) in [6.45, 7) is 6.83. The van der Waals surface area contributed by atoms with Gasteiger partial charge in [-0.1, -0.05) is 32.9 Å². The Labute approximate surface area is 93.0 Å². The first kappa shape index (κ1) is 14.6. The zero-order valence-corrected chi connectivity index (χ0v) is 10.6. The molecule has 0 rings (SSSR count). The molecule has 5 heteroatoms. The fourth-order valence-corrected chi connectivity index (χ4v) is 2.24. The van der Waals surface area contributed by atoms with Crippen LogP contribution in [-0.4, -0.2) is 27.3 Å². The minimum Gasteiger partial charge on any atom is -0.327 e. The Balaban J connectivity index is 3.93. The van der Waals surface area contributed by atoms with E-state index in [-0.39, 0.29) is 11.2 Å². The van der Waals surface area contributed by atoms with Crippen molar-refractivity contribution < 1.29 is 8.42 Å². The van der Waals surface area contributed by atoms with E-state index in [1.165, 1.54) is 0 Å². The zero-order chi connectivity index (χ0) is 11.9. The first-order chi connectivity index (χ1) is 6.77. The molecular formula is C10H22N2O2S. The number of nitrogens with one attached hydrogen (secondary N) is 1. The van der Waals surface area contributed by atoms with Crippen molar-refractivity contribution in [3.63, 3.8) is 0 Å². The van der Waals surface area contributed by atoms with Gasteiger partial charge in [-0.25, -0.2) is 13.1 Å². The van der Waals surface area contributed by atoms with Gasteiger partial charge in [0.2, 0.25) is 10.0 Å². The van der Waals surface area contributed by atoms with Crippen LogP contribution in [0.5, 0.6) is 0 Å². The summed E-state index contributed by atoms with van der Waals surface area (Å²) in [5.41, 5.74) is 5.27. The Kier molecular flexibility index (Phi) is 6.09. The monoisotopic (exact) mass is 234 g/mol. The van der Waals surface area contributed by atoms with Crippen LogP contribution in [0.25, 0.3) is 0 Å². The van der Waals surface area contributed by atoms with Crippen molar-refractivity contribution in [2.45, 2.75) is 27.2 Å². The summed E-state index contributed by atoms with van der Waals surface area (Å²) < 4.78 is 25.4. The van der Waals surface area contributed by atoms with Crippen molar-refractivity contribution in [2.75, 3.05) is 18.8 Å². The number of nitrogens with two attached hydrogens (primary N) is 1. The minimum atomic E-state index is -3.14. The topological polar surface area (TPSA) is 72.2 Å². The summed E-state index contributed by atoms with van der Waals surface area (Å²) in [7, 11) is -3.14. The maximum absolute atomic E-state index is 11.5. The van der Waals surface area contributed by atoms with Crippen LogP contribution < -0.4 is 10.5 Å². The molecule has 15 heavy (non-hydrogen) atoms. The molecule has 0 aromatic heterocycles. The van der Waals surface area contributed by atoms with Crippen LogP contribution in [0.4, 0.5) is 0 Å². The van der Waals surface area contributed by atoms with Crippen molar-refractivity contribution in [3.8, 4) is 0 Å². The lowest BCUT2D eigenvalue weighted by Crippen LogP contribution is -2.28. The minimum absolute atomic E-state index is 0.0435. The van der Waals surface area contributed by atoms with E-state index in [1.807, 2.05) is 20.8 Å². The van der Waals surface area contributed by atoms with Gasteiger partial charge in [-0.15, -0.1) is 0 Å². The van der Waals surface area contributed by atoms with Crippen LogP contribution >= 0.6 is 0 Å². The molecule has 0 bridgehead atoms. The predicted molar refractivity (Wildman–Crippen MR) is 64.1 cm³/mol. The van der Waals surface area contributed by atoms with E-state index in [9.17, 15) is 8.42 Å². The molecule has 3 N–H and O–H groups in total. The van der Waals surface area contributed by atoms with E-state index in [0.717, 1.165) is 0 Å². The zero-order valence-electron chi connectivity index (χ0n) is 9.79. The number of rotatable bonds is 6. The van der Waals surface area contributed by atoms with E-state index in [4.69, 9.17) is 5.73 Å². The molecular weight excluding hydrogens is 212 g/mol. The molecule has 0 saturated carbocycles. The molecule has 0 radical (unpaired) electrons. The van der Waals surface area contributed by atoms with E-state index in [2.05, 4.69) is 4.72 Å². The molecule has 0 aliphatic carbocycles. The Morgan fingerprint density at radius 1 is 1.27 bits per heavy atom. The fraction of sp³-hybridized carbons (Fsp3) is 0.800. The molecule has 0 aliphatic rings. The molecule has 0 aliphatic heterocycles. The molecule has 0 heterocycles. The van der Waals surface area contributed by atoms with E-state index in [0.29, 0.717) is 19.5 Å². The molecule has 90 valence electrons. The van der Waals surface area contributed by atoms with Crippen molar-refractivity contribution in [2.24, 2.45) is 11.1 Å². The number of hydrogen-bond acceptors (Lipinski definition) is 3. The second-order valence-corrected chi connectivity index (χ2v) is 6.61. The van der Waals surface area contributed by atoms with Crippen LogP contribution in [0, 0.1) is 5.41 Å². The lowest BCUT2D eigenvalue weighted by atomic mass is 9.94. The molecule has 0 spiro atoms. The molecule has 0 unspecified atom stereocenters. The van der Waals surface area contributed by atoms with Gasteiger partial charge in [-0.05, 0) is 11.8 Å². The van der Waals surface area contributed by atoms with E-state index < -0.39 is 10.0 Å². The van der Waals surface area contributed by atoms with Gasteiger partial charge < -0.3 is 5.73 Å². The lowest BCUT2D eigenvalue weighted by molar-refractivity contribution is 0.396. The van der Waals surface area contributed by atoms with Crippen molar-refractivity contribution in [1.29, 1.82) is 0 Å². The maximum Gasteiger partial charge on any atom is 0.211 e. The van der Waals surface area contributed by atoms with Crippen LogP contribution in [0.2, 0.25) is 0 Å². The van der Waals surface area contributed by atoms with E-state index in [1.54, 1.807) is 12.2 Å². The second kappa shape index (κ2) is 6.25. The summed E-state index contributed by atoms with van der Waals surface area (Å²) in [6.07, 6.45) is 4.10. The van der Waals surface area contributed by atoms with Gasteiger partial charge in [0.1, 0.15) is 0 Å². The quantitative estimate of drug-likeness (QED) is 0.669. The standard InChI is InChI=1S/C10H22N2O2S/c1-10(2,3)6-9-15(13,14)12-8-5-4-7-11/h4-5,12H,6-9,11H2,1-3H3/b5-4+. The van der Waals surface area contributed by atoms with Crippen LogP contribution in [0.3, 0.4) is 0 Å². The van der Waals surface area contributed by atoms with Crippen molar-refractivity contribution >= 4 is 10.0 Å². The third kappa shape index (κ3) is 9.90. The molecule has 0 amide bonds. The summed E-state index contributed by atoms with van der Waals surface area (Å²) >= 11 is 0. The van der Waals surface area contributed by atoms with Crippen molar-refractivity contribution in [1.82, 2.24) is 4.72 Å². The predicted octanol–water partition coefficient (Wildman–Crippen LogP) is 0.857. The van der Waals surface area contributed by atoms with Crippen LogP contribution in [0.15, 0.2) is 12.2 Å². The fourth-order valence-electron chi connectivity index (χ4n) is 0.867. The average Bonchev–Trinajstić information content (AvgIpc) is 2.09. The molecule has 0 fully saturated rings. The van der Waals surface area contributed by atoms with Gasteiger partial charge in [-0.2, -0.15) is 0 Å². The Bertz CT molecular complexity index is 289. The molecule has 0 aromatic carbocycles. The summed E-state index contributed by atoms with van der Waals surface area (Å²) in [5, 5.41) is 0. The van der Waals surface area contributed by atoms with E-state index >= 15 is 0 Å². The van der Waals surface area contributed by atoms with Gasteiger partial charge in [0.15, 0.2) is 0 Å².